The summed E-state index contributed by atoms with van der Waals surface area (Å²) in [7, 11) is 0. The maximum atomic E-state index is 12.7. The minimum Gasteiger partial charge on any atom is -0.492 e. The zero-order valence-corrected chi connectivity index (χ0v) is 19.5. The zero-order chi connectivity index (χ0) is 24.9. The fraction of sp³-hybridized carbons (Fsp3) is 0.269. The number of benzene rings is 2. The van der Waals surface area contributed by atoms with E-state index in [0.29, 0.717) is 23.6 Å². The highest BCUT2D eigenvalue weighted by Gasteiger charge is 2.19. The molecule has 0 bridgehead atoms. The number of esters is 1. The third-order valence-electron chi connectivity index (χ3n) is 5.73. The van der Waals surface area contributed by atoms with Crippen LogP contribution >= 0.6 is 0 Å². The average molecular weight is 479 g/mol. The van der Waals surface area contributed by atoms with Gasteiger partial charge in [-0.25, -0.2) is 0 Å². The van der Waals surface area contributed by atoms with Crippen LogP contribution in [0.5, 0.6) is 17.2 Å². The molecule has 0 radical (unpaired) electrons. The van der Waals surface area contributed by atoms with E-state index in [1.54, 1.807) is 24.3 Å². The molecule has 4 rings (SSSR count). The number of ether oxygens (including phenoxy) is 4. The molecule has 1 aliphatic rings. The number of amides is 1. The molecular weight excluding hydrogens is 452 g/mol. The summed E-state index contributed by atoms with van der Waals surface area (Å²) >= 11 is 0. The van der Waals surface area contributed by atoms with Gasteiger partial charge in [-0.3, -0.25) is 14.4 Å². The van der Waals surface area contributed by atoms with E-state index >= 15 is 0 Å². The first-order valence-corrected chi connectivity index (χ1v) is 11.1. The molecule has 2 aromatic carbocycles. The lowest BCUT2D eigenvalue weighted by Crippen LogP contribution is -2.17. The van der Waals surface area contributed by atoms with E-state index in [-0.39, 0.29) is 37.8 Å². The fourth-order valence-electron chi connectivity index (χ4n) is 3.88. The number of nitrogens with two attached hydrogens (primary N) is 1. The van der Waals surface area contributed by atoms with Gasteiger partial charge in [0.2, 0.25) is 12.6 Å². The quantitative estimate of drug-likeness (QED) is 0.351. The summed E-state index contributed by atoms with van der Waals surface area (Å²) in [6.07, 6.45) is -0.0798. The highest BCUT2D eigenvalue weighted by Crippen LogP contribution is 2.33. The molecule has 0 saturated carbocycles. The molecule has 1 amide bonds. The Balaban J connectivity index is 1.30. The van der Waals surface area contributed by atoms with Crippen molar-refractivity contribution in [3.05, 3.63) is 76.6 Å². The van der Waals surface area contributed by atoms with Crippen LogP contribution in [0, 0.1) is 13.8 Å². The van der Waals surface area contributed by atoms with Crippen molar-refractivity contribution in [2.24, 2.45) is 5.73 Å². The molecule has 9 nitrogen and oxygen atoms in total. The molecule has 35 heavy (non-hydrogen) atoms. The van der Waals surface area contributed by atoms with Crippen molar-refractivity contribution in [1.29, 1.82) is 0 Å². The van der Waals surface area contributed by atoms with Gasteiger partial charge in [0.25, 0.3) is 5.91 Å². The second-order valence-electron chi connectivity index (χ2n) is 8.10. The molecule has 2 heterocycles. The minimum absolute atomic E-state index is 0.0125. The van der Waals surface area contributed by atoms with Gasteiger partial charge in [0, 0.05) is 23.5 Å². The Morgan fingerprint density at radius 1 is 1.00 bits per heavy atom. The number of carbonyl (C=O) groups excluding carboxylic acids is 3. The number of hydrogen-bond acceptors (Lipinski definition) is 7. The molecule has 0 unspecified atom stereocenters. The molecule has 0 spiro atoms. The molecule has 0 fully saturated rings. The molecule has 0 atom stereocenters. The number of para-hydroxylation sites is 1. The maximum absolute atomic E-state index is 12.7. The van der Waals surface area contributed by atoms with Crippen molar-refractivity contribution in [2.45, 2.75) is 26.8 Å². The van der Waals surface area contributed by atoms with Gasteiger partial charge < -0.3 is 29.2 Å². The molecule has 3 aromatic rings. The van der Waals surface area contributed by atoms with E-state index in [4.69, 9.17) is 24.7 Å². The third-order valence-corrected chi connectivity index (χ3v) is 5.73. The molecule has 9 heteroatoms. The van der Waals surface area contributed by atoms with Crippen molar-refractivity contribution in [3.63, 3.8) is 0 Å². The predicted octanol–water partition coefficient (Wildman–Crippen LogP) is 3.18. The Bertz CT molecular complexity index is 1280. The number of Topliss-reactive ketones (excluding diaryl/α,β-unsaturated/α-hetero) is 1. The number of ketones is 1. The van der Waals surface area contributed by atoms with Gasteiger partial charge in [-0.2, -0.15) is 0 Å². The minimum atomic E-state index is -0.620. The fourth-order valence-corrected chi connectivity index (χ4v) is 3.88. The summed E-state index contributed by atoms with van der Waals surface area (Å²) in [6, 6.07) is 14.0. The van der Waals surface area contributed by atoms with Crippen LogP contribution in [0.3, 0.4) is 0 Å². The van der Waals surface area contributed by atoms with Crippen LogP contribution < -0.4 is 19.9 Å². The average Bonchev–Trinajstić information content (AvgIpc) is 3.42. The monoisotopic (exact) mass is 478 g/mol. The summed E-state index contributed by atoms with van der Waals surface area (Å²) < 4.78 is 23.4. The summed E-state index contributed by atoms with van der Waals surface area (Å²) in [5.41, 5.74) is 8.75. The van der Waals surface area contributed by atoms with Crippen LogP contribution in [0.15, 0.2) is 48.5 Å². The van der Waals surface area contributed by atoms with Crippen molar-refractivity contribution in [3.8, 4) is 17.2 Å². The van der Waals surface area contributed by atoms with Gasteiger partial charge in [-0.1, -0.05) is 18.2 Å². The number of aromatic nitrogens is 1. The number of aryl methyl sites for hydroxylation is 1. The maximum Gasteiger partial charge on any atom is 0.309 e. The molecule has 0 saturated heterocycles. The summed E-state index contributed by atoms with van der Waals surface area (Å²) in [6.45, 7) is 4.17. The Labute approximate surface area is 202 Å². The molecule has 182 valence electrons. The van der Waals surface area contributed by atoms with Crippen molar-refractivity contribution in [2.75, 3.05) is 20.0 Å². The third kappa shape index (κ3) is 5.46. The standard InChI is InChI=1S/C26H26N2O7/c1-16-11-20(17(2)28(16)13-18-7-8-23-24(12-18)35-15-34-23)21(29)14-33-25(30)9-10-32-22-6-4-3-5-19(22)26(27)31/h3-8,11-12H,9-10,13-15H2,1-2H3,(H2,27,31). The van der Waals surface area contributed by atoms with Gasteiger partial charge >= 0.3 is 5.97 Å². The molecular formula is C26H26N2O7. The summed E-state index contributed by atoms with van der Waals surface area (Å²) in [4.78, 5) is 36.3. The Kier molecular flexibility index (Phi) is 7.05. The van der Waals surface area contributed by atoms with Crippen LogP contribution in [0.25, 0.3) is 0 Å². The van der Waals surface area contributed by atoms with Gasteiger partial charge in [0.1, 0.15) is 5.75 Å². The first-order valence-electron chi connectivity index (χ1n) is 11.1. The molecule has 0 aliphatic carbocycles. The number of primary amides is 1. The van der Waals surface area contributed by atoms with Crippen LogP contribution in [0.2, 0.25) is 0 Å². The van der Waals surface area contributed by atoms with Crippen molar-refractivity contribution >= 4 is 17.7 Å². The van der Waals surface area contributed by atoms with Gasteiger partial charge in [-0.05, 0) is 49.7 Å². The number of rotatable bonds is 10. The molecule has 1 aromatic heterocycles. The van der Waals surface area contributed by atoms with Crippen LogP contribution in [0.1, 0.15) is 44.1 Å². The number of carbonyl (C=O) groups is 3. The lowest BCUT2D eigenvalue weighted by Gasteiger charge is -2.11. The summed E-state index contributed by atoms with van der Waals surface area (Å²) in [5.74, 6) is 0.223. The van der Waals surface area contributed by atoms with E-state index in [2.05, 4.69) is 0 Å². The molecule has 2 N–H and O–H groups in total. The second kappa shape index (κ2) is 10.3. The number of hydrogen-bond donors (Lipinski definition) is 1. The largest absolute Gasteiger partial charge is 0.492 e. The first-order chi connectivity index (χ1) is 16.8. The highest BCUT2D eigenvalue weighted by molar-refractivity contribution is 5.99. The Hall–Kier alpha value is -4.27. The molecule has 1 aliphatic heterocycles. The normalized spacial score (nSPS) is 11.8. The number of nitrogens with zero attached hydrogens (tertiary/aromatic N) is 1. The van der Waals surface area contributed by atoms with Crippen LogP contribution in [-0.4, -0.2) is 42.2 Å². The number of fused-ring (bicyclic) bond motifs is 1. The van der Waals surface area contributed by atoms with Crippen molar-refractivity contribution < 1.29 is 33.3 Å². The highest BCUT2D eigenvalue weighted by atomic mass is 16.7. The Morgan fingerprint density at radius 2 is 1.77 bits per heavy atom. The first kappa shape index (κ1) is 23.9. The van der Waals surface area contributed by atoms with E-state index in [9.17, 15) is 14.4 Å². The Morgan fingerprint density at radius 3 is 2.57 bits per heavy atom. The summed E-state index contributed by atoms with van der Waals surface area (Å²) in [5, 5.41) is 0. The lowest BCUT2D eigenvalue weighted by molar-refractivity contribution is -0.143. The van der Waals surface area contributed by atoms with E-state index in [0.717, 1.165) is 22.7 Å². The van der Waals surface area contributed by atoms with Crippen LogP contribution in [0.4, 0.5) is 0 Å². The second-order valence-corrected chi connectivity index (χ2v) is 8.10. The van der Waals surface area contributed by atoms with Gasteiger partial charge in [0.15, 0.2) is 18.1 Å². The van der Waals surface area contributed by atoms with Crippen molar-refractivity contribution in [1.82, 2.24) is 4.57 Å². The van der Waals surface area contributed by atoms with E-state index < -0.39 is 11.9 Å². The smallest absolute Gasteiger partial charge is 0.309 e. The predicted molar refractivity (Wildman–Crippen MR) is 126 cm³/mol. The van der Waals surface area contributed by atoms with Gasteiger partial charge in [-0.15, -0.1) is 0 Å². The van der Waals surface area contributed by atoms with Gasteiger partial charge in [0.05, 0.1) is 18.6 Å². The zero-order valence-electron chi connectivity index (χ0n) is 19.5. The SMILES string of the molecule is Cc1cc(C(=O)COC(=O)CCOc2ccccc2C(N)=O)c(C)n1Cc1ccc2c(c1)OCO2. The topological polar surface area (TPSA) is 119 Å². The van der Waals surface area contributed by atoms with Crippen LogP contribution in [-0.2, 0) is 16.1 Å². The van der Waals surface area contributed by atoms with E-state index in [1.807, 2.05) is 36.6 Å². The van der Waals surface area contributed by atoms with E-state index in [1.165, 1.54) is 6.07 Å². The lowest BCUT2D eigenvalue weighted by atomic mass is 10.1.